The van der Waals surface area contributed by atoms with Gasteiger partial charge in [0, 0.05) is 31.1 Å². The van der Waals surface area contributed by atoms with Crippen molar-refractivity contribution in [2.75, 3.05) is 13.1 Å². The minimum atomic E-state index is -0.228. The highest BCUT2D eigenvalue weighted by molar-refractivity contribution is 5.96. The van der Waals surface area contributed by atoms with E-state index >= 15 is 0 Å². The van der Waals surface area contributed by atoms with Crippen molar-refractivity contribution < 1.29 is 18.8 Å². The first kappa shape index (κ1) is 18.2. The molecule has 0 saturated carbocycles. The lowest BCUT2D eigenvalue weighted by Crippen LogP contribution is -2.57. The van der Waals surface area contributed by atoms with Gasteiger partial charge in [0.2, 0.25) is 5.76 Å². The number of rotatable bonds is 2. The summed E-state index contributed by atoms with van der Waals surface area (Å²) in [6, 6.07) is 7.48. The van der Waals surface area contributed by atoms with Crippen molar-refractivity contribution in [3.63, 3.8) is 0 Å². The van der Waals surface area contributed by atoms with Crippen LogP contribution in [0, 0.1) is 6.92 Å². The Labute approximate surface area is 169 Å². The number of nitrogens with zero attached hydrogens (tertiary/aromatic N) is 3. The van der Waals surface area contributed by atoms with E-state index in [1.165, 1.54) is 0 Å². The van der Waals surface area contributed by atoms with Gasteiger partial charge in [0.1, 0.15) is 11.4 Å². The fourth-order valence-corrected chi connectivity index (χ4v) is 4.91. The third-order valence-corrected chi connectivity index (χ3v) is 6.15. The molecule has 3 aliphatic rings. The van der Waals surface area contributed by atoms with Gasteiger partial charge in [0.15, 0.2) is 0 Å². The Bertz CT molecular complexity index is 982. The molecule has 0 aliphatic carbocycles. The van der Waals surface area contributed by atoms with Crippen LogP contribution in [0.4, 0.5) is 0 Å². The Balaban J connectivity index is 1.34. The summed E-state index contributed by atoms with van der Waals surface area (Å²) in [5.74, 6) is 1.04. The third kappa shape index (κ3) is 3.09. The lowest BCUT2D eigenvalue weighted by atomic mass is 9.99. The van der Waals surface area contributed by atoms with Crippen molar-refractivity contribution in [3.05, 3.63) is 46.8 Å². The third-order valence-electron chi connectivity index (χ3n) is 6.15. The monoisotopic (exact) mass is 395 g/mol. The first-order valence-corrected chi connectivity index (χ1v) is 10.2. The van der Waals surface area contributed by atoms with Gasteiger partial charge in [-0.3, -0.25) is 9.59 Å². The minimum absolute atomic E-state index is 0.0372. The molecule has 0 unspecified atom stereocenters. The van der Waals surface area contributed by atoms with Crippen LogP contribution in [-0.2, 0) is 6.42 Å². The molecule has 2 bridgehead atoms. The van der Waals surface area contributed by atoms with Gasteiger partial charge < -0.3 is 19.1 Å². The molecule has 3 aliphatic heterocycles. The number of benzene rings is 1. The highest BCUT2D eigenvalue weighted by Crippen LogP contribution is 2.37. The molecule has 1 aromatic heterocycles. The quantitative estimate of drug-likeness (QED) is 0.782. The highest BCUT2D eigenvalue weighted by Gasteiger charge is 2.45. The van der Waals surface area contributed by atoms with Gasteiger partial charge in [-0.2, -0.15) is 0 Å². The summed E-state index contributed by atoms with van der Waals surface area (Å²) >= 11 is 0. The first-order chi connectivity index (χ1) is 13.8. The average molecular weight is 395 g/mol. The molecular formula is C22H25N3O4. The largest absolute Gasteiger partial charge is 0.487 e. The van der Waals surface area contributed by atoms with Crippen LogP contribution in [0.3, 0.4) is 0 Å². The summed E-state index contributed by atoms with van der Waals surface area (Å²) in [5, 5.41) is 3.81. The van der Waals surface area contributed by atoms with Gasteiger partial charge in [-0.25, -0.2) is 0 Å². The smallest absolute Gasteiger partial charge is 0.292 e. The maximum Gasteiger partial charge on any atom is 0.292 e. The molecule has 7 nitrogen and oxygen atoms in total. The molecule has 2 aromatic rings. The first-order valence-electron chi connectivity index (χ1n) is 10.2. The van der Waals surface area contributed by atoms with Gasteiger partial charge in [-0.05, 0) is 57.4 Å². The number of fused-ring (bicyclic) bond motifs is 3. The molecule has 2 atom stereocenters. The van der Waals surface area contributed by atoms with Crippen molar-refractivity contribution in [2.45, 2.75) is 57.7 Å². The normalized spacial score (nSPS) is 24.4. The van der Waals surface area contributed by atoms with Gasteiger partial charge in [-0.15, -0.1) is 0 Å². The number of ether oxygens (including phenoxy) is 1. The fraction of sp³-hybridized carbons (Fsp3) is 0.500. The summed E-state index contributed by atoms with van der Waals surface area (Å²) in [6.07, 6.45) is 2.63. The van der Waals surface area contributed by atoms with Crippen LogP contribution >= 0.6 is 0 Å². The molecule has 2 fully saturated rings. The summed E-state index contributed by atoms with van der Waals surface area (Å²) in [4.78, 5) is 29.8. The van der Waals surface area contributed by atoms with E-state index in [1.807, 2.05) is 23.1 Å². The number of carbonyl (C=O) groups is 2. The highest BCUT2D eigenvalue weighted by atomic mass is 16.5. The Morgan fingerprint density at radius 2 is 1.83 bits per heavy atom. The number of carbonyl (C=O) groups excluding carboxylic acids is 2. The molecule has 7 heteroatoms. The van der Waals surface area contributed by atoms with E-state index in [1.54, 1.807) is 17.9 Å². The Hall–Kier alpha value is -2.83. The SMILES string of the molecule is Cc1cc(C(=O)N2C[C@H]3CC[C@@H](C2)N3C(=O)c2ccc3c(c2)CC(C)(C)O3)on1. The number of aromatic nitrogens is 1. The molecule has 2 saturated heterocycles. The molecular weight excluding hydrogens is 370 g/mol. The van der Waals surface area contributed by atoms with Gasteiger partial charge >= 0.3 is 0 Å². The zero-order valence-corrected chi connectivity index (χ0v) is 17.0. The zero-order chi connectivity index (χ0) is 20.3. The summed E-state index contributed by atoms with van der Waals surface area (Å²) in [5.41, 5.74) is 2.25. The maximum absolute atomic E-state index is 13.3. The van der Waals surface area contributed by atoms with Crippen LogP contribution in [-0.4, -0.2) is 57.5 Å². The molecule has 152 valence electrons. The number of likely N-dealkylation sites (tertiary alicyclic amines) is 1. The average Bonchev–Trinajstić information content (AvgIpc) is 3.31. The number of aryl methyl sites for hydroxylation is 1. The van der Waals surface area contributed by atoms with Crippen molar-refractivity contribution in [1.29, 1.82) is 0 Å². The maximum atomic E-state index is 13.3. The minimum Gasteiger partial charge on any atom is -0.487 e. The molecule has 4 heterocycles. The van der Waals surface area contributed by atoms with Crippen LogP contribution < -0.4 is 4.74 Å². The van der Waals surface area contributed by atoms with Crippen LogP contribution in [0.15, 0.2) is 28.8 Å². The van der Waals surface area contributed by atoms with Crippen molar-refractivity contribution in [1.82, 2.24) is 15.0 Å². The summed E-state index contributed by atoms with van der Waals surface area (Å²) < 4.78 is 11.1. The molecule has 2 amide bonds. The Morgan fingerprint density at radius 1 is 1.10 bits per heavy atom. The Morgan fingerprint density at radius 3 is 2.48 bits per heavy atom. The number of amides is 2. The zero-order valence-electron chi connectivity index (χ0n) is 17.0. The molecule has 1 aromatic carbocycles. The van der Waals surface area contributed by atoms with Crippen molar-refractivity contribution in [3.8, 4) is 5.75 Å². The van der Waals surface area contributed by atoms with E-state index < -0.39 is 0 Å². The second kappa shape index (κ2) is 6.34. The van der Waals surface area contributed by atoms with Gasteiger partial charge in [0.25, 0.3) is 11.8 Å². The summed E-state index contributed by atoms with van der Waals surface area (Å²) in [7, 11) is 0. The van der Waals surface area contributed by atoms with Crippen molar-refractivity contribution >= 4 is 11.8 Å². The fourth-order valence-electron chi connectivity index (χ4n) is 4.91. The van der Waals surface area contributed by atoms with Crippen LogP contribution in [0.2, 0.25) is 0 Å². The standard InChI is InChI=1S/C22H25N3O4/c1-13-8-19(29-23-13)21(27)24-11-16-5-6-17(12-24)25(16)20(26)14-4-7-18-15(9-14)10-22(2,3)28-18/h4,7-9,16-17H,5-6,10-12H2,1-3H3/t16-,17+. The molecule has 29 heavy (non-hydrogen) atoms. The van der Waals surface area contributed by atoms with Crippen LogP contribution in [0.25, 0.3) is 0 Å². The van der Waals surface area contributed by atoms with E-state index in [4.69, 9.17) is 9.26 Å². The van der Waals surface area contributed by atoms with E-state index in [9.17, 15) is 9.59 Å². The van der Waals surface area contributed by atoms with Crippen LogP contribution in [0.5, 0.6) is 5.75 Å². The topological polar surface area (TPSA) is 75.9 Å². The van der Waals surface area contributed by atoms with E-state index in [0.29, 0.717) is 24.3 Å². The molecule has 0 N–H and O–H groups in total. The second-order valence-corrected chi connectivity index (χ2v) is 9.00. The predicted octanol–water partition coefficient (Wildman–Crippen LogP) is 2.83. The van der Waals surface area contributed by atoms with Gasteiger partial charge in [-0.1, -0.05) is 5.16 Å². The van der Waals surface area contributed by atoms with E-state index in [-0.39, 0.29) is 35.3 Å². The van der Waals surface area contributed by atoms with E-state index in [0.717, 1.165) is 30.6 Å². The lowest BCUT2D eigenvalue weighted by molar-refractivity contribution is 0.0341. The second-order valence-electron chi connectivity index (χ2n) is 9.00. The number of hydrogen-bond acceptors (Lipinski definition) is 5. The van der Waals surface area contributed by atoms with Crippen LogP contribution in [0.1, 0.15) is 58.9 Å². The lowest BCUT2D eigenvalue weighted by Gasteiger charge is -2.40. The number of hydrogen-bond donors (Lipinski definition) is 0. The number of piperazine rings is 1. The Kier molecular flexibility index (Phi) is 3.98. The molecule has 5 rings (SSSR count). The molecule has 0 spiro atoms. The predicted molar refractivity (Wildman–Crippen MR) is 105 cm³/mol. The van der Waals surface area contributed by atoms with Gasteiger partial charge in [0.05, 0.1) is 17.8 Å². The van der Waals surface area contributed by atoms with Crippen molar-refractivity contribution in [2.24, 2.45) is 0 Å². The molecule has 0 radical (unpaired) electrons. The summed E-state index contributed by atoms with van der Waals surface area (Å²) in [6.45, 7) is 6.97. The van der Waals surface area contributed by atoms with E-state index in [2.05, 4.69) is 19.0 Å².